The Labute approximate surface area is 145 Å². The summed E-state index contributed by atoms with van der Waals surface area (Å²) in [6.45, 7) is 3.72. The van der Waals surface area contributed by atoms with Crippen molar-refractivity contribution in [3.63, 3.8) is 0 Å². The molecule has 0 spiro atoms. The molecule has 0 aromatic heterocycles. The lowest BCUT2D eigenvalue weighted by molar-refractivity contribution is 0.316. The van der Waals surface area contributed by atoms with Crippen LogP contribution in [0.1, 0.15) is 35.4 Å². The van der Waals surface area contributed by atoms with Gasteiger partial charge < -0.3 is 9.64 Å². The van der Waals surface area contributed by atoms with Crippen molar-refractivity contribution < 1.29 is 4.74 Å². The second-order valence-electron chi connectivity index (χ2n) is 7.28. The van der Waals surface area contributed by atoms with Crippen molar-refractivity contribution in [3.05, 3.63) is 65.2 Å². The molecule has 2 heteroatoms. The molecule has 2 aromatic rings. The molecule has 0 radical (unpaired) electrons. The number of likely N-dealkylation sites (tertiary alicyclic amines) is 1. The number of hydrogen-bond acceptors (Lipinski definition) is 2. The van der Waals surface area contributed by atoms with Gasteiger partial charge in [-0.05, 0) is 60.9 Å². The van der Waals surface area contributed by atoms with E-state index in [2.05, 4.69) is 53.4 Å². The fourth-order valence-electron chi connectivity index (χ4n) is 4.66. The minimum absolute atomic E-state index is 0.709. The van der Waals surface area contributed by atoms with E-state index >= 15 is 0 Å². The molecule has 24 heavy (non-hydrogen) atoms. The van der Waals surface area contributed by atoms with E-state index in [4.69, 9.17) is 4.74 Å². The molecule has 0 saturated carbocycles. The number of aryl methyl sites for hydroxylation is 1. The van der Waals surface area contributed by atoms with Gasteiger partial charge in [0.1, 0.15) is 5.75 Å². The zero-order valence-electron chi connectivity index (χ0n) is 14.6. The first-order valence-corrected chi connectivity index (χ1v) is 9.27. The summed E-state index contributed by atoms with van der Waals surface area (Å²) in [7, 11) is 1.80. The Morgan fingerprint density at radius 3 is 2.75 bits per heavy atom. The van der Waals surface area contributed by atoms with Crippen LogP contribution >= 0.6 is 0 Å². The molecule has 4 rings (SSSR count). The lowest BCUT2D eigenvalue weighted by Gasteiger charge is -2.28. The Morgan fingerprint density at radius 2 is 1.92 bits per heavy atom. The zero-order valence-corrected chi connectivity index (χ0v) is 14.6. The highest BCUT2D eigenvalue weighted by Crippen LogP contribution is 2.44. The van der Waals surface area contributed by atoms with Gasteiger partial charge in [-0.1, -0.05) is 42.5 Å². The predicted octanol–water partition coefficient (Wildman–Crippen LogP) is 4.29. The van der Waals surface area contributed by atoms with E-state index in [0.717, 1.165) is 11.7 Å². The van der Waals surface area contributed by atoms with Gasteiger partial charge in [-0.15, -0.1) is 0 Å². The largest absolute Gasteiger partial charge is 0.496 e. The number of rotatable bonds is 5. The standard InChI is InChI=1S/C22H27NO/c1-24-22-11-5-10-19-20(22)13-12-18-15-23(16-21(18)19)14-6-9-17-7-3-2-4-8-17/h2-5,7-8,10-11,18,21H,6,9,12-16H2,1H3. The van der Waals surface area contributed by atoms with Gasteiger partial charge in [0.15, 0.2) is 0 Å². The molecule has 0 amide bonds. The molecule has 1 aliphatic heterocycles. The van der Waals surface area contributed by atoms with E-state index in [9.17, 15) is 0 Å². The Bertz CT molecular complexity index is 682. The molecule has 1 saturated heterocycles. The van der Waals surface area contributed by atoms with Crippen molar-refractivity contribution in [2.24, 2.45) is 5.92 Å². The van der Waals surface area contributed by atoms with Gasteiger partial charge in [-0.25, -0.2) is 0 Å². The molecule has 1 heterocycles. The quantitative estimate of drug-likeness (QED) is 0.814. The van der Waals surface area contributed by atoms with E-state index in [-0.39, 0.29) is 0 Å². The minimum Gasteiger partial charge on any atom is -0.496 e. The van der Waals surface area contributed by atoms with E-state index in [1.165, 1.54) is 56.4 Å². The molecular weight excluding hydrogens is 294 g/mol. The SMILES string of the molecule is COc1cccc2c1CCC1CN(CCCc3ccccc3)CC21. The van der Waals surface area contributed by atoms with Crippen LogP contribution in [-0.2, 0) is 12.8 Å². The third-order valence-electron chi connectivity index (χ3n) is 5.85. The highest BCUT2D eigenvalue weighted by molar-refractivity contribution is 5.44. The van der Waals surface area contributed by atoms with Crippen molar-refractivity contribution in [2.45, 2.75) is 31.6 Å². The third kappa shape index (κ3) is 3.08. The molecule has 0 N–H and O–H groups in total. The van der Waals surface area contributed by atoms with Gasteiger partial charge >= 0.3 is 0 Å². The second-order valence-corrected chi connectivity index (χ2v) is 7.28. The first-order chi connectivity index (χ1) is 11.8. The monoisotopic (exact) mass is 321 g/mol. The van der Waals surface area contributed by atoms with Crippen LogP contribution in [0.25, 0.3) is 0 Å². The van der Waals surface area contributed by atoms with Gasteiger partial charge in [-0.3, -0.25) is 0 Å². The number of hydrogen-bond donors (Lipinski definition) is 0. The van der Waals surface area contributed by atoms with Crippen molar-refractivity contribution >= 4 is 0 Å². The highest BCUT2D eigenvalue weighted by Gasteiger charge is 2.37. The molecule has 0 bridgehead atoms. The molecule has 2 aromatic carbocycles. The van der Waals surface area contributed by atoms with E-state index in [1.807, 2.05) is 0 Å². The number of methoxy groups -OCH3 is 1. The summed E-state index contributed by atoms with van der Waals surface area (Å²) >= 11 is 0. The van der Waals surface area contributed by atoms with E-state index in [0.29, 0.717) is 5.92 Å². The first kappa shape index (κ1) is 15.7. The van der Waals surface area contributed by atoms with E-state index in [1.54, 1.807) is 12.7 Å². The maximum Gasteiger partial charge on any atom is 0.122 e. The van der Waals surface area contributed by atoms with Crippen LogP contribution < -0.4 is 4.74 Å². The van der Waals surface area contributed by atoms with Crippen LogP contribution in [0.2, 0.25) is 0 Å². The summed E-state index contributed by atoms with van der Waals surface area (Å²) in [5.74, 6) is 2.63. The number of fused-ring (bicyclic) bond motifs is 3. The van der Waals surface area contributed by atoms with Crippen LogP contribution in [0, 0.1) is 5.92 Å². The Kier molecular flexibility index (Phi) is 4.57. The number of nitrogens with zero attached hydrogens (tertiary/aromatic N) is 1. The molecule has 1 aliphatic carbocycles. The van der Waals surface area contributed by atoms with Gasteiger partial charge in [-0.2, -0.15) is 0 Å². The van der Waals surface area contributed by atoms with Crippen LogP contribution in [-0.4, -0.2) is 31.6 Å². The number of benzene rings is 2. The fraction of sp³-hybridized carbons (Fsp3) is 0.455. The average molecular weight is 321 g/mol. The third-order valence-corrected chi connectivity index (χ3v) is 5.85. The van der Waals surface area contributed by atoms with Crippen LogP contribution in [0.3, 0.4) is 0 Å². The molecule has 2 nitrogen and oxygen atoms in total. The first-order valence-electron chi connectivity index (χ1n) is 9.27. The molecule has 126 valence electrons. The molecule has 2 atom stereocenters. The fourth-order valence-corrected chi connectivity index (χ4v) is 4.66. The maximum absolute atomic E-state index is 5.59. The lowest BCUT2D eigenvalue weighted by atomic mass is 9.77. The van der Waals surface area contributed by atoms with Gasteiger partial charge in [0.2, 0.25) is 0 Å². The van der Waals surface area contributed by atoms with Crippen molar-refractivity contribution in [3.8, 4) is 5.75 Å². The summed E-state index contributed by atoms with van der Waals surface area (Å²) < 4.78 is 5.59. The predicted molar refractivity (Wildman–Crippen MR) is 98.7 cm³/mol. The summed E-state index contributed by atoms with van der Waals surface area (Å²) in [5, 5.41) is 0. The van der Waals surface area contributed by atoms with Crippen molar-refractivity contribution in [2.75, 3.05) is 26.7 Å². The maximum atomic E-state index is 5.59. The van der Waals surface area contributed by atoms with Crippen molar-refractivity contribution in [1.82, 2.24) is 4.90 Å². The molecule has 1 fully saturated rings. The van der Waals surface area contributed by atoms with Gasteiger partial charge in [0.05, 0.1) is 7.11 Å². The lowest BCUT2D eigenvalue weighted by Crippen LogP contribution is -2.22. The van der Waals surface area contributed by atoms with Crippen LogP contribution in [0.5, 0.6) is 5.75 Å². The smallest absolute Gasteiger partial charge is 0.122 e. The summed E-state index contributed by atoms with van der Waals surface area (Å²) in [6, 6.07) is 17.5. The molecule has 2 aliphatic rings. The summed E-state index contributed by atoms with van der Waals surface area (Å²) in [6.07, 6.45) is 4.94. The number of ether oxygens (including phenoxy) is 1. The topological polar surface area (TPSA) is 12.5 Å². The van der Waals surface area contributed by atoms with Crippen LogP contribution in [0.15, 0.2) is 48.5 Å². The van der Waals surface area contributed by atoms with Crippen molar-refractivity contribution in [1.29, 1.82) is 0 Å². The second kappa shape index (κ2) is 6.98. The molecule has 2 unspecified atom stereocenters. The Hall–Kier alpha value is -1.80. The normalized spacial score (nSPS) is 22.9. The van der Waals surface area contributed by atoms with Gasteiger partial charge in [0.25, 0.3) is 0 Å². The van der Waals surface area contributed by atoms with Crippen LogP contribution in [0.4, 0.5) is 0 Å². The highest BCUT2D eigenvalue weighted by atomic mass is 16.5. The molecular formula is C22H27NO. The minimum atomic E-state index is 0.709. The zero-order chi connectivity index (χ0) is 16.4. The average Bonchev–Trinajstić information content (AvgIpc) is 3.05. The summed E-state index contributed by atoms with van der Waals surface area (Å²) in [5.41, 5.74) is 4.48. The summed E-state index contributed by atoms with van der Waals surface area (Å²) in [4.78, 5) is 2.69. The Balaban J connectivity index is 1.39. The Morgan fingerprint density at radius 1 is 1.04 bits per heavy atom. The van der Waals surface area contributed by atoms with E-state index < -0.39 is 0 Å². The van der Waals surface area contributed by atoms with Gasteiger partial charge in [0, 0.05) is 19.0 Å².